The Bertz CT molecular complexity index is 485. The minimum atomic E-state index is 0. The SMILES string of the molecule is COc1cc(OC)cc(OCCNC(N)=NCC2CCC2)c1.I. The summed E-state index contributed by atoms with van der Waals surface area (Å²) < 4.78 is 16.1. The van der Waals surface area contributed by atoms with Crippen LogP contribution in [0.15, 0.2) is 23.2 Å². The second-order valence-corrected chi connectivity index (χ2v) is 5.35. The van der Waals surface area contributed by atoms with Crippen molar-refractivity contribution in [3.8, 4) is 17.2 Å². The van der Waals surface area contributed by atoms with Crippen LogP contribution in [-0.2, 0) is 0 Å². The summed E-state index contributed by atoms with van der Waals surface area (Å²) >= 11 is 0. The van der Waals surface area contributed by atoms with Gasteiger partial charge in [0.25, 0.3) is 0 Å². The maximum Gasteiger partial charge on any atom is 0.188 e. The van der Waals surface area contributed by atoms with Crippen molar-refractivity contribution < 1.29 is 14.2 Å². The summed E-state index contributed by atoms with van der Waals surface area (Å²) in [7, 11) is 3.22. The van der Waals surface area contributed by atoms with Crippen LogP contribution in [0.2, 0.25) is 0 Å². The molecule has 0 radical (unpaired) electrons. The highest BCUT2D eigenvalue weighted by atomic mass is 127. The molecule has 0 amide bonds. The number of hydrogen-bond donors (Lipinski definition) is 2. The van der Waals surface area contributed by atoms with Crippen LogP contribution in [-0.4, -0.2) is 39.9 Å². The lowest BCUT2D eigenvalue weighted by atomic mass is 9.86. The molecule has 0 atom stereocenters. The molecule has 0 bridgehead atoms. The van der Waals surface area contributed by atoms with Crippen molar-refractivity contribution in [2.24, 2.45) is 16.6 Å². The highest BCUT2D eigenvalue weighted by molar-refractivity contribution is 14.0. The zero-order chi connectivity index (χ0) is 15.8. The van der Waals surface area contributed by atoms with Crippen LogP contribution >= 0.6 is 24.0 Å². The smallest absolute Gasteiger partial charge is 0.188 e. The molecule has 3 N–H and O–H groups in total. The standard InChI is InChI=1S/C16H25N3O3.HI/c1-20-13-8-14(21-2)10-15(9-13)22-7-6-18-16(17)19-11-12-4-3-5-12;/h8-10,12H,3-7,11H2,1-2H3,(H3,17,18,19);1H. The van der Waals surface area contributed by atoms with Crippen LogP contribution < -0.4 is 25.3 Å². The zero-order valence-corrected chi connectivity index (χ0v) is 16.0. The molecule has 7 heteroatoms. The Morgan fingerprint density at radius 1 is 1.17 bits per heavy atom. The summed E-state index contributed by atoms with van der Waals surface area (Å²) in [6, 6.07) is 5.43. The molecule has 6 nitrogen and oxygen atoms in total. The van der Waals surface area contributed by atoms with E-state index in [4.69, 9.17) is 19.9 Å². The van der Waals surface area contributed by atoms with Crippen LogP contribution in [0.3, 0.4) is 0 Å². The maximum atomic E-state index is 5.81. The van der Waals surface area contributed by atoms with Crippen molar-refractivity contribution in [2.75, 3.05) is 33.9 Å². The second-order valence-electron chi connectivity index (χ2n) is 5.35. The summed E-state index contributed by atoms with van der Waals surface area (Å²) in [6.45, 7) is 1.91. The van der Waals surface area contributed by atoms with Gasteiger partial charge in [-0.3, -0.25) is 4.99 Å². The monoisotopic (exact) mass is 435 g/mol. The van der Waals surface area contributed by atoms with Gasteiger partial charge < -0.3 is 25.3 Å². The molecule has 0 spiro atoms. The molecule has 0 heterocycles. The van der Waals surface area contributed by atoms with E-state index in [0.717, 1.165) is 12.5 Å². The topological polar surface area (TPSA) is 78.1 Å². The first-order chi connectivity index (χ1) is 10.7. The van der Waals surface area contributed by atoms with Crippen LogP contribution in [0.5, 0.6) is 17.2 Å². The third kappa shape index (κ3) is 6.72. The number of nitrogens with zero attached hydrogens (tertiary/aromatic N) is 1. The van der Waals surface area contributed by atoms with Gasteiger partial charge in [-0.25, -0.2) is 0 Å². The molecule has 1 aromatic rings. The summed E-state index contributed by atoms with van der Waals surface area (Å²) in [6.07, 6.45) is 3.88. The number of rotatable bonds is 8. The maximum absolute atomic E-state index is 5.81. The zero-order valence-electron chi connectivity index (χ0n) is 13.7. The fraction of sp³-hybridized carbons (Fsp3) is 0.562. The lowest BCUT2D eigenvalue weighted by molar-refractivity contribution is 0.314. The molecule has 1 aromatic carbocycles. The molecule has 0 aromatic heterocycles. The average molecular weight is 435 g/mol. The number of guanidine groups is 1. The Morgan fingerprint density at radius 2 is 1.78 bits per heavy atom. The highest BCUT2D eigenvalue weighted by Gasteiger charge is 2.16. The third-order valence-corrected chi connectivity index (χ3v) is 3.75. The summed E-state index contributed by atoms with van der Waals surface area (Å²) in [5, 5.41) is 3.05. The predicted octanol–water partition coefficient (Wildman–Crippen LogP) is 2.41. The lowest BCUT2D eigenvalue weighted by Gasteiger charge is -2.23. The normalized spacial score (nSPS) is 14.4. The largest absolute Gasteiger partial charge is 0.496 e. The van der Waals surface area contributed by atoms with Crippen LogP contribution in [0.1, 0.15) is 19.3 Å². The van der Waals surface area contributed by atoms with E-state index in [2.05, 4.69) is 10.3 Å². The van der Waals surface area contributed by atoms with Crippen molar-refractivity contribution in [1.29, 1.82) is 0 Å². The average Bonchev–Trinajstić information content (AvgIpc) is 2.49. The number of methoxy groups -OCH3 is 2. The fourth-order valence-corrected chi connectivity index (χ4v) is 2.17. The Morgan fingerprint density at radius 3 is 2.30 bits per heavy atom. The fourth-order valence-electron chi connectivity index (χ4n) is 2.17. The van der Waals surface area contributed by atoms with Crippen molar-refractivity contribution in [3.05, 3.63) is 18.2 Å². The summed E-state index contributed by atoms with van der Waals surface area (Å²) in [5.74, 6) is 3.30. The van der Waals surface area contributed by atoms with Crippen LogP contribution in [0, 0.1) is 5.92 Å². The van der Waals surface area contributed by atoms with E-state index in [1.54, 1.807) is 20.3 Å². The minimum Gasteiger partial charge on any atom is -0.496 e. The number of nitrogens with two attached hydrogens (primary N) is 1. The van der Waals surface area contributed by atoms with Gasteiger partial charge in [-0.05, 0) is 18.8 Å². The van der Waals surface area contributed by atoms with Crippen molar-refractivity contribution in [1.82, 2.24) is 5.32 Å². The van der Waals surface area contributed by atoms with Gasteiger partial charge in [-0.1, -0.05) is 6.42 Å². The Balaban J connectivity index is 0.00000264. The first-order valence-corrected chi connectivity index (χ1v) is 7.61. The van der Waals surface area contributed by atoms with Crippen molar-refractivity contribution >= 4 is 29.9 Å². The molecular formula is C16H26IN3O3. The number of benzene rings is 1. The number of hydrogen-bond acceptors (Lipinski definition) is 4. The summed E-state index contributed by atoms with van der Waals surface area (Å²) in [5.41, 5.74) is 5.81. The molecule has 1 fully saturated rings. The third-order valence-electron chi connectivity index (χ3n) is 3.75. The molecule has 0 saturated heterocycles. The van der Waals surface area contributed by atoms with Crippen molar-refractivity contribution in [2.45, 2.75) is 19.3 Å². The first-order valence-electron chi connectivity index (χ1n) is 7.61. The molecule has 0 aliphatic heterocycles. The van der Waals surface area contributed by atoms with Gasteiger partial charge in [-0.15, -0.1) is 24.0 Å². The molecule has 1 saturated carbocycles. The van der Waals surface area contributed by atoms with Gasteiger partial charge >= 0.3 is 0 Å². The van der Waals surface area contributed by atoms with E-state index in [0.29, 0.717) is 36.4 Å². The van der Waals surface area contributed by atoms with E-state index in [1.807, 2.05) is 12.1 Å². The Hall–Kier alpha value is -1.38. The molecular weight excluding hydrogens is 409 g/mol. The first kappa shape index (κ1) is 19.7. The van der Waals surface area contributed by atoms with E-state index < -0.39 is 0 Å². The molecule has 1 aliphatic carbocycles. The van der Waals surface area contributed by atoms with Gasteiger partial charge in [-0.2, -0.15) is 0 Å². The van der Waals surface area contributed by atoms with Crippen LogP contribution in [0.25, 0.3) is 0 Å². The van der Waals surface area contributed by atoms with E-state index >= 15 is 0 Å². The van der Waals surface area contributed by atoms with Gasteiger partial charge in [0, 0.05) is 24.7 Å². The Labute approximate surface area is 154 Å². The van der Waals surface area contributed by atoms with Gasteiger partial charge in [0.1, 0.15) is 23.9 Å². The van der Waals surface area contributed by atoms with E-state index in [-0.39, 0.29) is 24.0 Å². The highest BCUT2D eigenvalue weighted by Crippen LogP contribution is 2.27. The van der Waals surface area contributed by atoms with Crippen molar-refractivity contribution in [3.63, 3.8) is 0 Å². The second kappa shape index (κ2) is 10.4. The van der Waals surface area contributed by atoms with Crippen LogP contribution in [0.4, 0.5) is 0 Å². The molecule has 0 unspecified atom stereocenters. The van der Waals surface area contributed by atoms with Gasteiger partial charge in [0.05, 0.1) is 20.8 Å². The van der Waals surface area contributed by atoms with Gasteiger partial charge in [0.2, 0.25) is 0 Å². The van der Waals surface area contributed by atoms with Gasteiger partial charge in [0.15, 0.2) is 5.96 Å². The number of aliphatic imine (C=N–C) groups is 1. The van der Waals surface area contributed by atoms with E-state index in [1.165, 1.54) is 19.3 Å². The number of ether oxygens (including phenoxy) is 3. The minimum absolute atomic E-state index is 0. The number of nitrogens with one attached hydrogen (secondary N) is 1. The predicted molar refractivity (Wildman–Crippen MR) is 102 cm³/mol. The van der Waals surface area contributed by atoms with E-state index in [9.17, 15) is 0 Å². The lowest BCUT2D eigenvalue weighted by Crippen LogP contribution is -2.35. The number of halogens is 1. The summed E-state index contributed by atoms with van der Waals surface area (Å²) in [4.78, 5) is 4.33. The molecule has 2 rings (SSSR count). The molecule has 130 valence electrons. The quantitative estimate of drug-likeness (QED) is 0.284. The Kier molecular flexibility index (Phi) is 8.90. The molecule has 23 heavy (non-hydrogen) atoms. The molecule has 1 aliphatic rings.